The molecule has 0 atom stereocenters. The number of carbonyl (C=O) groups excluding carboxylic acids is 3. The summed E-state index contributed by atoms with van der Waals surface area (Å²) in [7, 11) is 0. The average Bonchev–Trinajstić information content (AvgIpc) is 2.65. The van der Waals surface area contributed by atoms with Crippen molar-refractivity contribution in [3.8, 4) is 11.5 Å². The number of esters is 2. The highest BCUT2D eigenvalue weighted by Gasteiger charge is 2.55. The largest absolute Gasteiger partial charge is 0.423 e. The zero-order valence-electron chi connectivity index (χ0n) is 19.0. The van der Waals surface area contributed by atoms with Crippen LogP contribution in [0.25, 0.3) is 0 Å². The SMILES string of the molecule is CC(=O)Oc1ccc(C(=O)CNC(C)(C)C)cc1OC(=O)C12CC3CC(CC(C3)C1)C2. The fraction of sp³-hybridized carbons (Fsp3) is 0.640. The zero-order valence-corrected chi connectivity index (χ0v) is 19.0. The summed E-state index contributed by atoms with van der Waals surface area (Å²) in [6, 6.07) is 4.67. The molecule has 6 heteroatoms. The van der Waals surface area contributed by atoms with Gasteiger partial charge in [0, 0.05) is 18.0 Å². The highest BCUT2D eigenvalue weighted by molar-refractivity contribution is 5.98. The van der Waals surface area contributed by atoms with Gasteiger partial charge in [-0.1, -0.05) is 0 Å². The van der Waals surface area contributed by atoms with Crippen LogP contribution in [-0.4, -0.2) is 29.8 Å². The maximum Gasteiger partial charge on any atom is 0.317 e. The molecule has 31 heavy (non-hydrogen) atoms. The Morgan fingerprint density at radius 1 is 0.968 bits per heavy atom. The summed E-state index contributed by atoms with van der Waals surface area (Å²) < 4.78 is 11.1. The maximum absolute atomic E-state index is 13.4. The van der Waals surface area contributed by atoms with E-state index in [9.17, 15) is 14.4 Å². The molecule has 0 radical (unpaired) electrons. The van der Waals surface area contributed by atoms with E-state index in [0.717, 1.165) is 19.3 Å². The third-order valence-electron chi connectivity index (χ3n) is 6.97. The topological polar surface area (TPSA) is 81.7 Å². The lowest BCUT2D eigenvalue weighted by Gasteiger charge is -2.55. The molecule has 1 aromatic rings. The van der Waals surface area contributed by atoms with Gasteiger partial charge < -0.3 is 14.8 Å². The lowest BCUT2D eigenvalue weighted by molar-refractivity contribution is -0.161. The van der Waals surface area contributed by atoms with Crippen LogP contribution in [0.1, 0.15) is 76.6 Å². The molecule has 4 aliphatic rings. The van der Waals surface area contributed by atoms with Crippen molar-refractivity contribution >= 4 is 17.7 Å². The number of ketones is 1. The standard InChI is InChI=1S/C25H33NO5/c1-15(27)30-21-6-5-19(20(28)14-26-24(2,3)4)10-22(21)31-23(29)25-11-16-7-17(12-25)9-18(8-16)13-25/h5-6,10,16-18,26H,7-9,11-14H2,1-4H3. The highest BCUT2D eigenvalue weighted by Crippen LogP contribution is 2.60. The lowest BCUT2D eigenvalue weighted by atomic mass is 9.49. The molecular formula is C25H33NO5. The zero-order chi connectivity index (χ0) is 22.4. The lowest BCUT2D eigenvalue weighted by Crippen LogP contribution is -2.51. The molecule has 4 bridgehead atoms. The number of benzene rings is 1. The van der Waals surface area contributed by atoms with Gasteiger partial charge in [0.15, 0.2) is 17.3 Å². The van der Waals surface area contributed by atoms with E-state index in [1.165, 1.54) is 38.3 Å². The summed E-state index contributed by atoms with van der Waals surface area (Å²) >= 11 is 0. The number of nitrogens with one attached hydrogen (secondary N) is 1. The van der Waals surface area contributed by atoms with Gasteiger partial charge in [-0.25, -0.2) is 0 Å². The van der Waals surface area contributed by atoms with Gasteiger partial charge in [-0.05, 0) is 95.2 Å². The number of carbonyl (C=O) groups is 3. The molecule has 0 spiro atoms. The minimum atomic E-state index is -0.499. The van der Waals surface area contributed by atoms with Crippen molar-refractivity contribution in [3.05, 3.63) is 23.8 Å². The van der Waals surface area contributed by atoms with E-state index in [1.807, 2.05) is 20.8 Å². The predicted molar refractivity (Wildman–Crippen MR) is 116 cm³/mol. The van der Waals surface area contributed by atoms with Gasteiger partial charge in [0.05, 0.1) is 12.0 Å². The van der Waals surface area contributed by atoms with Crippen LogP contribution in [0.15, 0.2) is 18.2 Å². The molecule has 4 fully saturated rings. The molecule has 1 N–H and O–H groups in total. The summed E-state index contributed by atoms with van der Waals surface area (Å²) in [6.45, 7) is 7.43. The molecule has 168 valence electrons. The first-order valence-corrected chi connectivity index (χ1v) is 11.4. The van der Waals surface area contributed by atoms with Crippen molar-refractivity contribution in [2.75, 3.05) is 6.54 Å². The van der Waals surface area contributed by atoms with Gasteiger partial charge >= 0.3 is 11.9 Å². The molecule has 5 rings (SSSR count). The van der Waals surface area contributed by atoms with Crippen LogP contribution in [0.3, 0.4) is 0 Å². The smallest absolute Gasteiger partial charge is 0.317 e. The van der Waals surface area contributed by atoms with E-state index in [2.05, 4.69) is 5.32 Å². The Hall–Kier alpha value is -2.21. The van der Waals surface area contributed by atoms with Crippen LogP contribution in [0.2, 0.25) is 0 Å². The second-order valence-electron chi connectivity index (χ2n) is 10.9. The van der Waals surface area contributed by atoms with Crippen molar-refractivity contribution in [1.29, 1.82) is 0 Å². The second-order valence-corrected chi connectivity index (χ2v) is 10.9. The molecule has 0 heterocycles. The first kappa shape index (κ1) is 22.0. The highest BCUT2D eigenvalue weighted by atomic mass is 16.6. The molecule has 0 aromatic heterocycles. The Balaban J connectivity index is 1.56. The number of Topliss-reactive ketones (excluding diaryl/α,β-unsaturated/α-hetero) is 1. The first-order valence-electron chi connectivity index (χ1n) is 11.4. The summed E-state index contributed by atoms with van der Waals surface area (Å²) in [5.74, 6) is 1.31. The van der Waals surface area contributed by atoms with Gasteiger partial charge in [0.2, 0.25) is 0 Å². The molecule has 0 amide bonds. The molecule has 0 aliphatic heterocycles. The van der Waals surface area contributed by atoms with Gasteiger partial charge in [0.1, 0.15) is 0 Å². The average molecular weight is 428 g/mol. The van der Waals surface area contributed by atoms with Crippen LogP contribution < -0.4 is 14.8 Å². The Morgan fingerprint density at radius 2 is 1.55 bits per heavy atom. The van der Waals surface area contributed by atoms with Crippen molar-refractivity contribution in [2.24, 2.45) is 23.2 Å². The molecule has 6 nitrogen and oxygen atoms in total. The molecular weight excluding hydrogens is 394 g/mol. The van der Waals surface area contributed by atoms with Gasteiger partial charge in [0.25, 0.3) is 0 Å². The summed E-state index contributed by atoms with van der Waals surface area (Å²) in [4.78, 5) is 37.6. The van der Waals surface area contributed by atoms with Crippen LogP contribution in [-0.2, 0) is 9.59 Å². The Kier molecular flexibility index (Phi) is 5.71. The van der Waals surface area contributed by atoms with E-state index in [1.54, 1.807) is 6.07 Å². The minimum Gasteiger partial charge on any atom is -0.423 e. The Bertz CT molecular complexity index is 862. The van der Waals surface area contributed by atoms with Crippen LogP contribution in [0.5, 0.6) is 11.5 Å². The molecule has 4 aliphatic carbocycles. The van der Waals surface area contributed by atoms with E-state index in [4.69, 9.17) is 9.47 Å². The molecule has 0 unspecified atom stereocenters. The van der Waals surface area contributed by atoms with Crippen molar-refractivity contribution in [1.82, 2.24) is 5.32 Å². The third-order valence-corrected chi connectivity index (χ3v) is 6.97. The number of rotatable bonds is 6. The summed E-state index contributed by atoms with van der Waals surface area (Å²) in [5.41, 5.74) is -0.210. The summed E-state index contributed by atoms with van der Waals surface area (Å²) in [6.07, 6.45) is 6.35. The van der Waals surface area contributed by atoms with Crippen molar-refractivity contribution in [2.45, 2.75) is 71.8 Å². The van der Waals surface area contributed by atoms with Crippen molar-refractivity contribution in [3.63, 3.8) is 0 Å². The number of hydrogen-bond donors (Lipinski definition) is 1. The van der Waals surface area contributed by atoms with Crippen LogP contribution in [0, 0.1) is 23.2 Å². The first-order chi connectivity index (χ1) is 14.5. The summed E-state index contributed by atoms with van der Waals surface area (Å²) in [5, 5.41) is 3.17. The Labute approximate surface area is 184 Å². The van der Waals surface area contributed by atoms with Gasteiger partial charge in [-0.3, -0.25) is 14.4 Å². The third kappa shape index (κ3) is 4.84. The molecule has 1 aromatic carbocycles. The van der Waals surface area contributed by atoms with E-state index < -0.39 is 11.4 Å². The fourth-order valence-electron chi connectivity index (χ4n) is 6.02. The quantitative estimate of drug-likeness (QED) is 0.414. The van der Waals surface area contributed by atoms with E-state index in [0.29, 0.717) is 23.3 Å². The maximum atomic E-state index is 13.4. The monoisotopic (exact) mass is 427 g/mol. The van der Waals surface area contributed by atoms with Crippen molar-refractivity contribution < 1.29 is 23.9 Å². The number of ether oxygens (including phenoxy) is 2. The van der Waals surface area contributed by atoms with Crippen LogP contribution in [0.4, 0.5) is 0 Å². The number of hydrogen-bond acceptors (Lipinski definition) is 6. The minimum absolute atomic E-state index is 0.114. The molecule has 4 saturated carbocycles. The van der Waals surface area contributed by atoms with Crippen LogP contribution >= 0.6 is 0 Å². The van der Waals surface area contributed by atoms with Gasteiger partial charge in [-0.2, -0.15) is 0 Å². The predicted octanol–water partition coefficient (Wildman–Crippen LogP) is 4.30. The second kappa shape index (κ2) is 8.05. The Morgan fingerprint density at radius 3 is 2.06 bits per heavy atom. The van der Waals surface area contributed by atoms with E-state index >= 15 is 0 Å². The van der Waals surface area contributed by atoms with E-state index in [-0.39, 0.29) is 35.3 Å². The normalized spacial score (nSPS) is 29.0. The van der Waals surface area contributed by atoms with Gasteiger partial charge in [-0.15, -0.1) is 0 Å². The fourth-order valence-corrected chi connectivity index (χ4v) is 6.02. The molecule has 0 saturated heterocycles.